The van der Waals surface area contributed by atoms with E-state index >= 15 is 0 Å². The van der Waals surface area contributed by atoms with Crippen LogP contribution in [0.2, 0.25) is 0 Å². The Morgan fingerprint density at radius 3 is 2.57 bits per heavy atom. The maximum absolute atomic E-state index is 12.1. The van der Waals surface area contributed by atoms with Crippen molar-refractivity contribution in [2.75, 3.05) is 10.6 Å². The summed E-state index contributed by atoms with van der Waals surface area (Å²) < 4.78 is 1.14. The fourth-order valence-corrected chi connectivity index (χ4v) is 2.14. The first-order valence-electron chi connectivity index (χ1n) is 6.41. The Kier molecular flexibility index (Phi) is 5.17. The van der Waals surface area contributed by atoms with Crippen molar-refractivity contribution in [1.82, 2.24) is 0 Å². The lowest BCUT2D eigenvalue weighted by Gasteiger charge is -2.15. The Balaban J connectivity index is 1.99. The summed E-state index contributed by atoms with van der Waals surface area (Å²) >= 11 is 2.23. The van der Waals surface area contributed by atoms with Gasteiger partial charge < -0.3 is 10.6 Å². The molecule has 21 heavy (non-hydrogen) atoms. The van der Waals surface area contributed by atoms with E-state index in [4.69, 9.17) is 5.26 Å². The van der Waals surface area contributed by atoms with Crippen LogP contribution < -0.4 is 10.6 Å². The van der Waals surface area contributed by atoms with Crippen LogP contribution in [0.5, 0.6) is 0 Å². The minimum absolute atomic E-state index is 0.149. The molecule has 0 spiro atoms. The highest BCUT2D eigenvalue weighted by Crippen LogP contribution is 2.14. The highest BCUT2D eigenvalue weighted by Gasteiger charge is 2.12. The van der Waals surface area contributed by atoms with E-state index in [2.05, 4.69) is 33.2 Å². The maximum atomic E-state index is 12.1. The summed E-state index contributed by atoms with van der Waals surface area (Å²) in [6.07, 6.45) is 0. The quantitative estimate of drug-likeness (QED) is 0.783. The van der Waals surface area contributed by atoms with Crippen molar-refractivity contribution in [3.05, 3.63) is 57.7 Å². The number of rotatable bonds is 4. The van der Waals surface area contributed by atoms with Crippen molar-refractivity contribution in [3.63, 3.8) is 0 Å². The number of halogens is 1. The van der Waals surface area contributed by atoms with Gasteiger partial charge in [0.15, 0.2) is 0 Å². The molecule has 0 saturated heterocycles. The molecule has 0 radical (unpaired) electrons. The highest BCUT2D eigenvalue weighted by molar-refractivity contribution is 14.1. The van der Waals surface area contributed by atoms with Crippen LogP contribution in [0.25, 0.3) is 0 Å². The second-order valence-corrected chi connectivity index (χ2v) is 5.80. The zero-order valence-electron chi connectivity index (χ0n) is 11.4. The van der Waals surface area contributed by atoms with Gasteiger partial charge in [0.1, 0.15) is 6.04 Å². The molecular weight excluding hydrogens is 377 g/mol. The summed E-state index contributed by atoms with van der Waals surface area (Å²) in [5.74, 6) is -0.149. The third kappa shape index (κ3) is 4.46. The lowest BCUT2D eigenvalue weighted by atomic mass is 10.2. The van der Waals surface area contributed by atoms with Gasteiger partial charge in [0.05, 0.1) is 11.6 Å². The average Bonchev–Trinajstić information content (AvgIpc) is 2.49. The number of nitriles is 1. The third-order valence-corrected chi connectivity index (χ3v) is 3.60. The standard InChI is InChI=1S/C16H14IN3O/c1-11(19-14-7-5-13(17)6-8-14)16(21)20-15-4-2-3-12(9-15)10-18/h2-9,11,19H,1H3,(H,20,21)/t11-/m1/s1. The van der Waals surface area contributed by atoms with Crippen molar-refractivity contribution in [2.45, 2.75) is 13.0 Å². The second-order valence-electron chi connectivity index (χ2n) is 4.55. The largest absolute Gasteiger partial charge is 0.374 e. The molecule has 0 unspecified atom stereocenters. The van der Waals surface area contributed by atoms with E-state index in [-0.39, 0.29) is 11.9 Å². The van der Waals surface area contributed by atoms with Gasteiger partial charge in [-0.15, -0.1) is 0 Å². The van der Waals surface area contributed by atoms with Crippen LogP contribution in [-0.2, 0) is 4.79 Å². The number of hydrogen-bond acceptors (Lipinski definition) is 3. The molecule has 0 aliphatic rings. The molecule has 1 atom stereocenters. The minimum Gasteiger partial charge on any atom is -0.374 e. The van der Waals surface area contributed by atoms with E-state index in [1.807, 2.05) is 30.3 Å². The molecule has 2 aromatic rings. The summed E-state index contributed by atoms with van der Waals surface area (Å²) in [5.41, 5.74) is 2.03. The molecule has 0 aromatic heterocycles. The van der Waals surface area contributed by atoms with E-state index in [1.165, 1.54) is 0 Å². The Labute approximate surface area is 137 Å². The number of amides is 1. The smallest absolute Gasteiger partial charge is 0.246 e. The molecule has 0 heterocycles. The molecule has 4 nitrogen and oxygen atoms in total. The fraction of sp³-hybridized carbons (Fsp3) is 0.125. The summed E-state index contributed by atoms with van der Waals surface area (Å²) in [6, 6.07) is 16.3. The van der Waals surface area contributed by atoms with Gasteiger partial charge in [0.2, 0.25) is 5.91 Å². The monoisotopic (exact) mass is 391 g/mol. The van der Waals surface area contributed by atoms with Gasteiger partial charge in [0, 0.05) is 14.9 Å². The number of nitrogens with one attached hydrogen (secondary N) is 2. The van der Waals surface area contributed by atoms with Gasteiger partial charge in [-0.1, -0.05) is 6.07 Å². The van der Waals surface area contributed by atoms with Crippen LogP contribution in [0.1, 0.15) is 12.5 Å². The zero-order valence-corrected chi connectivity index (χ0v) is 13.6. The third-order valence-electron chi connectivity index (χ3n) is 2.88. The predicted octanol–water partition coefficient (Wildman–Crippen LogP) is 3.60. The first kappa shape index (κ1) is 15.3. The van der Waals surface area contributed by atoms with Crippen molar-refractivity contribution in [3.8, 4) is 6.07 Å². The summed E-state index contributed by atoms with van der Waals surface area (Å²) in [4.78, 5) is 12.1. The summed E-state index contributed by atoms with van der Waals surface area (Å²) in [5, 5.41) is 14.8. The first-order valence-corrected chi connectivity index (χ1v) is 7.49. The van der Waals surface area contributed by atoms with Crippen LogP contribution in [0.4, 0.5) is 11.4 Å². The SMILES string of the molecule is C[C@@H](Nc1ccc(I)cc1)C(=O)Nc1cccc(C#N)c1. The maximum Gasteiger partial charge on any atom is 0.246 e. The molecule has 0 aliphatic heterocycles. The van der Waals surface area contributed by atoms with Gasteiger partial charge in [-0.05, 0) is 72.0 Å². The molecule has 5 heteroatoms. The van der Waals surface area contributed by atoms with Crippen LogP contribution in [0.3, 0.4) is 0 Å². The van der Waals surface area contributed by atoms with Crippen molar-refractivity contribution >= 4 is 39.9 Å². The Hall–Kier alpha value is -2.07. The second kappa shape index (κ2) is 7.09. The van der Waals surface area contributed by atoms with Crippen molar-refractivity contribution in [2.24, 2.45) is 0 Å². The molecule has 2 aromatic carbocycles. The number of nitrogens with zero attached hydrogens (tertiary/aromatic N) is 1. The van der Waals surface area contributed by atoms with Gasteiger partial charge >= 0.3 is 0 Å². The Morgan fingerprint density at radius 2 is 1.90 bits per heavy atom. The molecule has 0 fully saturated rings. The van der Waals surface area contributed by atoms with Gasteiger partial charge in [-0.2, -0.15) is 5.26 Å². The van der Waals surface area contributed by atoms with Gasteiger partial charge in [-0.25, -0.2) is 0 Å². The molecule has 106 valence electrons. The van der Waals surface area contributed by atoms with Crippen LogP contribution in [-0.4, -0.2) is 11.9 Å². The zero-order chi connectivity index (χ0) is 15.2. The van der Waals surface area contributed by atoms with Gasteiger partial charge in [-0.3, -0.25) is 4.79 Å². The van der Waals surface area contributed by atoms with E-state index in [0.717, 1.165) is 9.26 Å². The normalized spacial score (nSPS) is 11.3. The van der Waals surface area contributed by atoms with Crippen LogP contribution in [0, 0.1) is 14.9 Å². The molecule has 0 saturated carbocycles. The lowest BCUT2D eigenvalue weighted by Crippen LogP contribution is -2.31. The number of anilines is 2. The number of benzene rings is 2. The van der Waals surface area contributed by atoms with E-state index in [9.17, 15) is 4.79 Å². The predicted molar refractivity (Wildman–Crippen MR) is 92.0 cm³/mol. The number of carbonyl (C=O) groups is 1. The topological polar surface area (TPSA) is 64.9 Å². The molecule has 2 N–H and O–H groups in total. The van der Waals surface area contributed by atoms with Crippen LogP contribution >= 0.6 is 22.6 Å². The first-order chi connectivity index (χ1) is 10.1. The molecular formula is C16H14IN3O. The van der Waals surface area contributed by atoms with E-state index in [1.54, 1.807) is 31.2 Å². The molecule has 0 aliphatic carbocycles. The average molecular weight is 391 g/mol. The Morgan fingerprint density at radius 1 is 1.19 bits per heavy atom. The molecule has 1 amide bonds. The summed E-state index contributed by atoms with van der Waals surface area (Å²) in [7, 11) is 0. The number of carbonyl (C=O) groups excluding carboxylic acids is 1. The van der Waals surface area contributed by atoms with E-state index < -0.39 is 0 Å². The van der Waals surface area contributed by atoms with Crippen molar-refractivity contribution in [1.29, 1.82) is 5.26 Å². The molecule has 0 bridgehead atoms. The molecule has 2 rings (SSSR count). The summed E-state index contributed by atoms with van der Waals surface area (Å²) in [6.45, 7) is 1.79. The van der Waals surface area contributed by atoms with Crippen molar-refractivity contribution < 1.29 is 4.79 Å². The number of hydrogen-bond donors (Lipinski definition) is 2. The van der Waals surface area contributed by atoms with Crippen LogP contribution in [0.15, 0.2) is 48.5 Å². The van der Waals surface area contributed by atoms with E-state index in [0.29, 0.717) is 11.3 Å². The lowest BCUT2D eigenvalue weighted by molar-refractivity contribution is -0.116. The van der Waals surface area contributed by atoms with Gasteiger partial charge in [0.25, 0.3) is 0 Å². The fourth-order valence-electron chi connectivity index (χ4n) is 1.78. The Bertz CT molecular complexity index is 677. The highest BCUT2D eigenvalue weighted by atomic mass is 127. The minimum atomic E-state index is -0.379.